The summed E-state index contributed by atoms with van der Waals surface area (Å²) in [5, 5.41) is 8.63. The third-order valence-electron chi connectivity index (χ3n) is 3.96. The highest BCUT2D eigenvalue weighted by Gasteiger charge is 2.19. The number of hydrogen-bond donors (Lipinski definition) is 1. The number of ether oxygens (including phenoxy) is 1. The number of carbonyl (C=O) groups is 1. The summed E-state index contributed by atoms with van der Waals surface area (Å²) in [6.45, 7) is 2.47. The molecule has 0 saturated carbocycles. The van der Waals surface area contributed by atoms with Gasteiger partial charge in [-0.3, -0.25) is 15.1 Å². The number of hydrogen-bond acceptors (Lipinski definition) is 7. The number of halogens is 1. The first-order chi connectivity index (χ1) is 14.1. The number of rotatable bonds is 6. The van der Waals surface area contributed by atoms with Gasteiger partial charge < -0.3 is 9.26 Å². The van der Waals surface area contributed by atoms with Gasteiger partial charge in [-0.15, -0.1) is 11.3 Å². The van der Waals surface area contributed by atoms with Crippen LogP contribution in [0.5, 0.6) is 5.75 Å². The fourth-order valence-corrected chi connectivity index (χ4v) is 3.31. The Labute approximate surface area is 169 Å². The van der Waals surface area contributed by atoms with Crippen molar-refractivity contribution >= 4 is 22.4 Å². The van der Waals surface area contributed by atoms with Gasteiger partial charge in [-0.05, 0) is 43.3 Å². The molecule has 3 heterocycles. The van der Waals surface area contributed by atoms with Crippen LogP contribution in [0.25, 0.3) is 22.7 Å². The molecule has 9 heteroatoms. The van der Waals surface area contributed by atoms with Crippen molar-refractivity contribution in [3.8, 4) is 28.5 Å². The molecule has 0 bridgehead atoms. The lowest BCUT2D eigenvalue weighted by molar-refractivity contribution is 0.102. The van der Waals surface area contributed by atoms with Gasteiger partial charge in [0.15, 0.2) is 10.9 Å². The number of nitrogens with zero attached hydrogens (tertiary/aromatic N) is 3. The average molecular weight is 410 g/mol. The predicted molar refractivity (Wildman–Crippen MR) is 106 cm³/mol. The highest BCUT2D eigenvalue weighted by Crippen LogP contribution is 2.27. The lowest BCUT2D eigenvalue weighted by atomic mass is 10.1. The van der Waals surface area contributed by atoms with E-state index in [0.29, 0.717) is 34.4 Å². The van der Waals surface area contributed by atoms with Gasteiger partial charge in [0.05, 0.1) is 24.7 Å². The maximum Gasteiger partial charge on any atom is 0.263 e. The van der Waals surface area contributed by atoms with E-state index in [1.165, 1.54) is 41.8 Å². The molecular formula is C20H15FN4O3S. The quantitative estimate of drug-likeness (QED) is 0.498. The number of anilines is 1. The Bertz CT molecular complexity index is 1120. The summed E-state index contributed by atoms with van der Waals surface area (Å²) in [6, 6.07) is 9.23. The van der Waals surface area contributed by atoms with Crippen molar-refractivity contribution in [2.24, 2.45) is 0 Å². The molecule has 0 unspecified atom stereocenters. The fourth-order valence-electron chi connectivity index (χ4n) is 2.61. The molecule has 146 valence electrons. The Hall–Kier alpha value is -3.59. The largest absolute Gasteiger partial charge is 0.492 e. The van der Waals surface area contributed by atoms with E-state index in [1.807, 2.05) is 13.0 Å². The lowest BCUT2D eigenvalue weighted by Gasteiger charge is -2.03. The van der Waals surface area contributed by atoms with Crippen molar-refractivity contribution in [2.45, 2.75) is 6.92 Å². The zero-order valence-electron chi connectivity index (χ0n) is 15.3. The second-order valence-electron chi connectivity index (χ2n) is 5.88. The highest BCUT2D eigenvalue weighted by atomic mass is 32.1. The van der Waals surface area contributed by atoms with Crippen LogP contribution in [0.4, 0.5) is 9.52 Å². The van der Waals surface area contributed by atoms with E-state index in [4.69, 9.17) is 9.26 Å². The van der Waals surface area contributed by atoms with Crippen molar-refractivity contribution in [3.63, 3.8) is 0 Å². The monoisotopic (exact) mass is 410 g/mol. The average Bonchev–Trinajstić information content (AvgIpc) is 3.39. The second kappa shape index (κ2) is 8.19. The van der Waals surface area contributed by atoms with Crippen molar-refractivity contribution in [1.29, 1.82) is 0 Å². The molecular weight excluding hydrogens is 395 g/mol. The Morgan fingerprint density at radius 2 is 2.00 bits per heavy atom. The zero-order valence-corrected chi connectivity index (χ0v) is 16.1. The number of nitrogens with one attached hydrogen (secondary N) is 1. The highest BCUT2D eigenvalue weighted by molar-refractivity contribution is 7.14. The van der Waals surface area contributed by atoms with E-state index in [-0.39, 0.29) is 17.1 Å². The molecule has 1 aromatic carbocycles. The molecule has 3 aromatic heterocycles. The summed E-state index contributed by atoms with van der Waals surface area (Å²) < 4.78 is 23.7. The van der Waals surface area contributed by atoms with Crippen LogP contribution in [0.15, 0.2) is 58.7 Å². The third kappa shape index (κ3) is 4.14. The summed E-state index contributed by atoms with van der Waals surface area (Å²) >= 11 is 1.27. The summed E-state index contributed by atoms with van der Waals surface area (Å²) in [6.07, 6.45) is 2.94. The van der Waals surface area contributed by atoms with Gasteiger partial charge in [-0.2, -0.15) is 0 Å². The minimum absolute atomic E-state index is 0.229. The van der Waals surface area contributed by atoms with Crippen LogP contribution in [0.3, 0.4) is 0 Å². The first-order valence-corrected chi connectivity index (χ1v) is 9.58. The normalized spacial score (nSPS) is 10.7. The third-order valence-corrected chi connectivity index (χ3v) is 4.71. The Balaban J connectivity index is 1.50. The number of thiazole rings is 1. The molecule has 4 aromatic rings. The summed E-state index contributed by atoms with van der Waals surface area (Å²) in [7, 11) is 0. The molecule has 0 aliphatic rings. The van der Waals surface area contributed by atoms with Gasteiger partial charge in [0, 0.05) is 10.9 Å². The topological polar surface area (TPSA) is 90.1 Å². The Kier molecular flexibility index (Phi) is 5.30. The van der Waals surface area contributed by atoms with E-state index in [1.54, 1.807) is 17.6 Å². The van der Waals surface area contributed by atoms with Gasteiger partial charge in [-0.1, -0.05) is 5.16 Å². The Morgan fingerprint density at radius 3 is 2.72 bits per heavy atom. The number of carbonyl (C=O) groups excluding carboxylic acids is 1. The number of pyridine rings is 1. The molecule has 0 saturated heterocycles. The van der Waals surface area contributed by atoms with Crippen LogP contribution >= 0.6 is 11.3 Å². The maximum atomic E-state index is 13.1. The van der Waals surface area contributed by atoms with Gasteiger partial charge in [-0.25, -0.2) is 9.37 Å². The first kappa shape index (κ1) is 18.8. The van der Waals surface area contributed by atoms with Gasteiger partial charge in [0.1, 0.15) is 22.8 Å². The van der Waals surface area contributed by atoms with Crippen LogP contribution in [0.1, 0.15) is 17.3 Å². The maximum absolute atomic E-state index is 13.1. The molecule has 0 aliphatic heterocycles. The van der Waals surface area contributed by atoms with E-state index < -0.39 is 5.91 Å². The predicted octanol–water partition coefficient (Wildman–Crippen LogP) is 4.65. The molecule has 0 aliphatic carbocycles. The van der Waals surface area contributed by atoms with E-state index in [0.717, 1.165) is 0 Å². The van der Waals surface area contributed by atoms with Gasteiger partial charge in [0.25, 0.3) is 5.91 Å². The molecule has 1 amide bonds. The number of benzene rings is 1. The van der Waals surface area contributed by atoms with E-state index in [2.05, 4.69) is 20.4 Å². The first-order valence-electron chi connectivity index (χ1n) is 8.70. The van der Waals surface area contributed by atoms with Crippen LogP contribution in [0.2, 0.25) is 0 Å². The number of amides is 1. The minimum atomic E-state index is -0.425. The van der Waals surface area contributed by atoms with Crippen molar-refractivity contribution in [3.05, 3.63) is 65.6 Å². The minimum Gasteiger partial charge on any atom is -0.492 e. The van der Waals surface area contributed by atoms with E-state index >= 15 is 0 Å². The molecule has 0 fully saturated rings. The van der Waals surface area contributed by atoms with Gasteiger partial charge in [0.2, 0.25) is 0 Å². The lowest BCUT2D eigenvalue weighted by Crippen LogP contribution is -2.11. The summed E-state index contributed by atoms with van der Waals surface area (Å²) in [5.41, 5.74) is 2.08. The van der Waals surface area contributed by atoms with Crippen LogP contribution < -0.4 is 10.1 Å². The van der Waals surface area contributed by atoms with Gasteiger partial charge >= 0.3 is 0 Å². The second-order valence-corrected chi connectivity index (χ2v) is 6.74. The molecule has 29 heavy (non-hydrogen) atoms. The standard InChI is InChI=1S/C20H15FN4O3S/c1-2-27-14-7-8-16(22-9-14)17-11-29-20(24-17)25-19(26)15-10-23-28-18(15)12-3-5-13(21)6-4-12/h3-11H,2H2,1H3,(H,24,25,26). The molecule has 4 rings (SSSR count). The van der Waals surface area contributed by atoms with Crippen molar-refractivity contribution in [1.82, 2.24) is 15.1 Å². The summed E-state index contributed by atoms with van der Waals surface area (Å²) in [4.78, 5) is 21.4. The Morgan fingerprint density at radius 1 is 1.17 bits per heavy atom. The SMILES string of the molecule is CCOc1ccc(-c2csc(NC(=O)c3cnoc3-c3ccc(F)cc3)n2)nc1. The fraction of sp³-hybridized carbons (Fsp3) is 0.100. The molecule has 0 spiro atoms. The molecule has 1 N–H and O–H groups in total. The molecule has 0 radical (unpaired) electrons. The molecule has 0 atom stereocenters. The summed E-state index contributed by atoms with van der Waals surface area (Å²) in [5.74, 6) is 0.136. The van der Waals surface area contributed by atoms with E-state index in [9.17, 15) is 9.18 Å². The van der Waals surface area contributed by atoms with Crippen LogP contribution in [-0.4, -0.2) is 27.6 Å². The number of aromatic nitrogens is 3. The van der Waals surface area contributed by atoms with Crippen molar-refractivity contribution < 1.29 is 18.4 Å². The van der Waals surface area contributed by atoms with Crippen LogP contribution in [-0.2, 0) is 0 Å². The molecule has 7 nitrogen and oxygen atoms in total. The zero-order chi connectivity index (χ0) is 20.2. The smallest absolute Gasteiger partial charge is 0.263 e. The van der Waals surface area contributed by atoms with Crippen LogP contribution in [0, 0.1) is 5.82 Å². The van der Waals surface area contributed by atoms with Crippen molar-refractivity contribution in [2.75, 3.05) is 11.9 Å².